The normalized spacial score (nSPS) is 16.5. The van der Waals surface area contributed by atoms with E-state index in [1.807, 2.05) is 0 Å². The summed E-state index contributed by atoms with van der Waals surface area (Å²) in [6, 6.07) is 7.54. The molecule has 8 heteroatoms. The molecule has 0 aliphatic carbocycles. The zero-order valence-electron chi connectivity index (χ0n) is 15.2. The smallest absolute Gasteiger partial charge is 0.220 e. The first kappa shape index (κ1) is 20.7. The second-order valence-corrected chi connectivity index (χ2v) is 7.43. The molecule has 1 aliphatic heterocycles. The number of carbonyl (C=O) groups is 1. The zero-order valence-corrected chi connectivity index (χ0v) is 16.7. The largest absolute Gasteiger partial charge is 0.486 e. The summed E-state index contributed by atoms with van der Waals surface area (Å²) >= 11 is 12.6. The van der Waals surface area contributed by atoms with Gasteiger partial charge < -0.3 is 19.9 Å². The van der Waals surface area contributed by atoms with Gasteiger partial charge in [-0.15, -0.1) is 0 Å². The second kappa shape index (κ2) is 8.99. The number of ether oxygens (including phenoxy) is 2. The lowest BCUT2D eigenvalue weighted by atomic mass is 10.0. The Morgan fingerprint density at radius 2 is 2.07 bits per heavy atom. The van der Waals surface area contributed by atoms with Crippen molar-refractivity contribution in [1.29, 1.82) is 0 Å². The molecule has 0 saturated carbocycles. The van der Waals surface area contributed by atoms with Gasteiger partial charge >= 0.3 is 0 Å². The van der Waals surface area contributed by atoms with Gasteiger partial charge in [0, 0.05) is 23.6 Å². The molecule has 2 aromatic rings. The lowest BCUT2D eigenvalue weighted by Crippen LogP contribution is -2.41. The summed E-state index contributed by atoms with van der Waals surface area (Å²) in [4.78, 5) is 11.9. The zero-order chi connectivity index (χ0) is 20.3. The molecule has 0 radical (unpaired) electrons. The van der Waals surface area contributed by atoms with Gasteiger partial charge in [-0.25, -0.2) is 4.39 Å². The highest BCUT2D eigenvalue weighted by molar-refractivity contribution is 6.39. The molecule has 2 N–H and O–H groups in total. The number of hydrogen-bond donors (Lipinski definition) is 2. The van der Waals surface area contributed by atoms with Crippen molar-refractivity contribution in [1.82, 2.24) is 5.32 Å². The van der Waals surface area contributed by atoms with E-state index in [4.69, 9.17) is 32.7 Å². The maximum atomic E-state index is 14.1. The van der Waals surface area contributed by atoms with Crippen LogP contribution in [-0.2, 0) is 4.79 Å². The van der Waals surface area contributed by atoms with Crippen molar-refractivity contribution in [2.24, 2.45) is 0 Å². The molecule has 0 aromatic heterocycles. The number of nitrogens with one attached hydrogen (secondary N) is 1. The Morgan fingerprint density at radius 1 is 1.36 bits per heavy atom. The van der Waals surface area contributed by atoms with Gasteiger partial charge in [-0.05, 0) is 31.5 Å². The monoisotopic (exact) mass is 427 g/mol. The maximum Gasteiger partial charge on any atom is 0.220 e. The van der Waals surface area contributed by atoms with Crippen molar-refractivity contribution < 1.29 is 23.8 Å². The highest BCUT2D eigenvalue weighted by atomic mass is 35.5. The minimum absolute atomic E-state index is 0.156. The highest BCUT2D eigenvalue weighted by Crippen LogP contribution is 2.46. The topological polar surface area (TPSA) is 67.8 Å². The molecular weight excluding hydrogens is 408 g/mol. The molecule has 28 heavy (non-hydrogen) atoms. The predicted molar refractivity (Wildman–Crippen MR) is 106 cm³/mol. The molecule has 2 atom stereocenters. The van der Waals surface area contributed by atoms with Gasteiger partial charge in [0.15, 0.2) is 11.5 Å². The average Bonchev–Trinajstić information content (AvgIpc) is 2.64. The van der Waals surface area contributed by atoms with E-state index in [-0.39, 0.29) is 31.2 Å². The van der Waals surface area contributed by atoms with Crippen LogP contribution in [0, 0.1) is 5.82 Å². The van der Waals surface area contributed by atoms with E-state index in [9.17, 15) is 14.3 Å². The summed E-state index contributed by atoms with van der Waals surface area (Å²) in [5.74, 6) is -0.115. The Labute approximate surface area is 172 Å². The molecular formula is C20H20Cl2FNO4. The summed E-state index contributed by atoms with van der Waals surface area (Å²) in [7, 11) is 0. The van der Waals surface area contributed by atoms with E-state index >= 15 is 0 Å². The molecule has 1 aliphatic rings. The number of amides is 1. The van der Waals surface area contributed by atoms with Gasteiger partial charge in [-0.3, -0.25) is 4.79 Å². The SMILES string of the molecule is CC(O)CCC(=O)NC[C@H]1COc2cc(F)cc(-c3c(Cl)cccc3Cl)c2O1. The fraction of sp³-hybridized carbons (Fsp3) is 0.350. The lowest BCUT2D eigenvalue weighted by Gasteiger charge is -2.29. The molecule has 0 fully saturated rings. The van der Waals surface area contributed by atoms with Crippen molar-refractivity contribution in [3.63, 3.8) is 0 Å². The fourth-order valence-electron chi connectivity index (χ4n) is 2.88. The number of fused-ring (bicyclic) bond motifs is 1. The van der Waals surface area contributed by atoms with E-state index in [0.717, 1.165) is 0 Å². The van der Waals surface area contributed by atoms with Gasteiger partial charge in [0.1, 0.15) is 18.5 Å². The van der Waals surface area contributed by atoms with Gasteiger partial charge in [-0.2, -0.15) is 0 Å². The van der Waals surface area contributed by atoms with Crippen LogP contribution in [0.5, 0.6) is 11.5 Å². The number of benzene rings is 2. The van der Waals surface area contributed by atoms with Gasteiger partial charge in [0.2, 0.25) is 5.91 Å². The summed E-state index contributed by atoms with van der Waals surface area (Å²) in [5, 5.41) is 12.7. The Balaban J connectivity index is 1.80. The predicted octanol–water partition coefficient (Wildman–Crippen LogP) is 4.22. The Hall–Kier alpha value is -2.02. The maximum absolute atomic E-state index is 14.1. The molecule has 3 rings (SSSR count). The van der Waals surface area contributed by atoms with Crippen LogP contribution in [0.2, 0.25) is 10.0 Å². The number of aliphatic hydroxyl groups excluding tert-OH is 1. The van der Waals surface area contributed by atoms with Crippen LogP contribution in [0.3, 0.4) is 0 Å². The lowest BCUT2D eigenvalue weighted by molar-refractivity contribution is -0.122. The average molecular weight is 428 g/mol. The van der Waals surface area contributed by atoms with Crippen LogP contribution < -0.4 is 14.8 Å². The second-order valence-electron chi connectivity index (χ2n) is 6.62. The molecule has 150 valence electrons. The van der Waals surface area contributed by atoms with E-state index in [0.29, 0.717) is 33.3 Å². The van der Waals surface area contributed by atoms with Crippen molar-refractivity contribution >= 4 is 29.1 Å². The van der Waals surface area contributed by atoms with Crippen LogP contribution in [0.1, 0.15) is 19.8 Å². The number of aliphatic hydroxyl groups is 1. The van der Waals surface area contributed by atoms with Gasteiger partial charge in [0.05, 0.1) is 22.7 Å². The van der Waals surface area contributed by atoms with E-state index < -0.39 is 18.0 Å². The first-order valence-corrected chi connectivity index (χ1v) is 9.63. The first-order chi connectivity index (χ1) is 13.3. The highest BCUT2D eigenvalue weighted by Gasteiger charge is 2.27. The van der Waals surface area contributed by atoms with Crippen LogP contribution in [0.15, 0.2) is 30.3 Å². The van der Waals surface area contributed by atoms with Crippen molar-refractivity contribution in [3.05, 3.63) is 46.2 Å². The third-order valence-corrected chi connectivity index (χ3v) is 4.91. The summed E-state index contributed by atoms with van der Waals surface area (Å²) in [5.41, 5.74) is 0.836. The van der Waals surface area contributed by atoms with Crippen LogP contribution in [0.25, 0.3) is 11.1 Å². The third kappa shape index (κ3) is 4.87. The van der Waals surface area contributed by atoms with E-state index in [2.05, 4.69) is 5.32 Å². The number of hydrogen-bond acceptors (Lipinski definition) is 4. The Morgan fingerprint density at radius 3 is 2.75 bits per heavy atom. The molecule has 0 bridgehead atoms. The van der Waals surface area contributed by atoms with Crippen molar-refractivity contribution in [2.45, 2.75) is 32.0 Å². The standard InChI is InChI=1S/C20H20Cl2FNO4/c1-11(25)5-6-18(26)24-9-13-10-27-17-8-12(23)7-14(20(17)28-13)19-15(21)3-2-4-16(19)22/h2-4,7-8,11,13,25H,5-6,9-10H2,1H3,(H,24,26)/t11?,13-/m0/s1. The number of carbonyl (C=O) groups excluding carboxylic acids is 1. The summed E-state index contributed by atoms with van der Waals surface area (Å²) in [6.07, 6.45) is -0.406. The number of halogens is 3. The molecule has 1 unspecified atom stereocenters. The first-order valence-electron chi connectivity index (χ1n) is 8.87. The summed E-state index contributed by atoms with van der Waals surface area (Å²) in [6.45, 7) is 2.00. The van der Waals surface area contributed by atoms with E-state index in [1.54, 1.807) is 25.1 Å². The van der Waals surface area contributed by atoms with Crippen LogP contribution in [0.4, 0.5) is 4.39 Å². The van der Waals surface area contributed by atoms with Gasteiger partial charge in [-0.1, -0.05) is 29.3 Å². The third-order valence-electron chi connectivity index (χ3n) is 4.28. The molecule has 5 nitrogen and oxygen atoms in total. The van der Waals surface area contributed by atoms with Crippen LogP contribution in [-0.4, -0.2) is 36.4 Å². The minimum Gasteiger partial charge on any atom is -0.486 e. The van der Waals surface area contributed by atoms with Crippen LogP contribution >= 0.6 is 23.2 Å². The van der Waals surface area contributed by atoms with Gasteiger partial charge in [0.25, 0.3) is 0 Å². The molecule has 2 aromatic carbocycles. The van der Waals surface area contributed by atoms with E-state index in [1.165, 1.54) is 12.1 Å². The minimum atomic E-state index is -0.537. The molecule has 0 saturated heterocycles. The Kier molecular flexibility index (Phi) is 6.65. The number of rotatable bonds is 6. The molecule has 1 amide bonds. The quantitative estimate of drug-likeness (QED) is 0.723. The molecule has 1 heterocycles. The summed E-state index contributed by atoms with van der Waals surface area (Å²) < 4.78 is 25.7. The van der Waals surface area contributed by atoms with Crippen molar-refractivity contribution in [2.75, 3.05) is 13.2 Å². The fourth-order valence-corrected chi connectivity index (χ4v) is 3.48. The Bertz CT molecular complexity index is 855. The van der Waals surface area contributed by atoms with Crippen molar-refractivity contribution in [3.8, 4) is 22.6 Å². The molecule has 0 spiro atoms.